The second-order valence-electron chi connectivity index (χ2n) is 4.58. The molecule has 0 spiro atoms. The summed E-state index contributed by atoms with van der Waals surface area (Å²) in [6, 6.07) is 7.71. The van der Waals surface area contributed by atoms with Gasteiger partial charge in [-0.1, -0.05) is 13.0 Å². The lowest BCUT2D eigenvalue weighted by Crippen LogP contribution is -2.26. The van der Waals surface area contributed by atoms with E-state index in [4.69, 9.17) is 0 Å². The highest BCUT2D eigenvalue weighted by atomic mass is 32.1. The summed E-state index contributed by atoms with van der Waals surface area (Å²) in [7, 11) is 3.64. The standard InChI is InChI=1S/C15H19N3OS/c1-4-12-8-11(9-14(16-2)17-12)15(19)18(3)10-13-6-5-7-20-13/h5-9H,4,10H2,1-3H3,(H,16,17). The average molecular weight is 289 g/mol. The van der Waals surface area contributed by atoms with E-state index in [-0.39, 0.29) is 5.91 Å². The molecule has 2 aromatic heterocycles. The van der Waals surface area contributed by atoms with Crippen molar-refractivity contribution in [3.05, 3.63) is 45.8 Å². The number of carbonyl (C=O) groups excluding carboxylic acids is 1. The van der Waals surface area contributed by atoms with Crippen LogP contribution >= 0.6 is 11.3 Å². The molecule has 20 heavy (non-hydrogen) atoms. The number of amides is 1. The van der Waals surface area contributed by atoms with Crippen molar-refractivity contribution >= 4 is 23.1 Å². The fourth-order valence-electron chi connectivity index (χ4n) is 1.95. The third-order valence-electron chi connectivity index (χ3n) is 3.06. The summed E-state index contributed by atoms with van der Waals surface area (Å²) < 4.78 is 0. The smallest absolute Gasteiger partial charge is 0.254 e. The molecule has 5 heteroatoms. The number of aromatic nitrogens is 1. The summed E-state index contributed by atoms with van der Waals surface area (Å²) in [5.41, 5.74) is 1.60. The van der Waals surface area contributed by atoms with Gasteiger partial charge in [0.05, 0.1) is 6.54 Å². The van der Waals surface area contributed by atoms with Gasteiger partial charge in [0.2, 0.25) is 0 Å². The topological polar surface area (TPSA) is 45.2 Å². The Balaban J connectivity index is 2.19. The highest BCUT2D eigenvalue weighted by Gasteiger charge is 2.14. The second kappa shape index (κ2) is 6.52. The highest BCUT2D eigenvalue weighted by molar-refractivity contribution is 7.09. The van der Waals surface area contributed by atoms with Gasteiger partial charge in [-0.25, -0.2) is 4.98 Å². The lowest BCUT2D eigenvalue weighted by atomic mass is 10.1. The van der Waals surface area contributed by atoms with Crippen molar-refractivity contribution in [1.82, 2.24) is 9.88 Å². The van der Waals surface area contributed by atoms with Crippen LogP contribution in [-0.4, -0.2) is 29.9 Å². The van der Waals surface area contributed by atoms with Crippen LogP contribution in [0.3, 0.4) is 0 Å². The van der Waals surface area contributed by atoms with Gasteiger partial charge in [0.1, 0.15) is 5.82 Å². The minimum absolute atomic E-state index is 0.0204. The van der Waals surface area contributed by atoms with Gasteiger partial charge >= 0.3 is 0 Å². The van der Waals surface area contributed by atoms with E-state index >= 15 is 0 Å². The largest absolute Gasteiger partial charge is 0.373 e. The zero-order chi connectivity index (χ0) is 14.5. The quantitative estimate of drug-likeness (QED) is 0.920. The Morgan fingerprint density at radius 3 is 2.85 bits per heavy atom. The monoisotopic (exact) mass is 289 g/mol. The Kier molecular flexibility index (Phi) is 4.74. The summed E-state index contributed by atoms with van der Waals surface area (Å²) in [4.78, 5) is 19.8. The number of nitrogens with one attached hydrogen (secondary N) is 1. The lowest BCUT2D eigenvalue weighted by Gasteiger charge is -2.17. The first kappa shape index (κ1) is 14.5. The maximum absolute atomic E-state index is 12.5. The molecule has 0 fully saturated rings. The molecule has 0 saturated carbocycles. The number of pyridine rings is 1. The molecule has 0 aliphatic heterocycles. The summed E-state index contributed by atoms with van der Waals surface area (Å²) >= 11 is 1.66. The number of anilines is 1. The van der Waals surface area contributed by atoms with E-state index in [1.54, 1.807) is 22.3 Å². The van der Waals surface area contributed by atoms with E-state index in [0.717, 1.165) is 17.9 Å². The van der Waals surface area contributed by atoms with Gasteiger partial charge in [-0.15, -0.1) is 11.3 Å². The van der Waals surface area contributed by atoms with Crippen LogP contribution in [0.15, 0.2) is 29.6 Å². The molecule has 2 aromatic rings. The Bertz CT molecular complexity index is 559. The summed E-state index contributed by atoms with van der Waals surface area (Å²) in [6.45, 7) is 2.67. The van der Waals surface area contributed by atoms with Gasteiger partial charge in [-0.2, -0.15) is 0 Å². The molecule has 1 N–H and O–H groups in total. The normalized spacial score (nSPS) is 10.3. The maximum atomic E-state index is 12.5. The molecule has 0 radical (unpaired) electrons. The van der Waals surface area contributed by atoms with Crippen molar-refractivity contribution in [2.75, 3.05) is 19.4 Å². The number of thiophene rings is 1. The average Bonchev–Trinajstić information content (AvgIpc) is 2.98. The first-order valence-corrected chi connectivity index (χ1v) is 7.48. The zero-order valence-electron chi connectivity index (χ0n) is 12.0. The molecule has 106 valence electrons. The van der Waals surface area contributed by atoms with E-state index in [1.165, 1.54) is 4.88 Å². The van der Waals surface area contributed by atoms with Crippen molar-refractivity contribution in [1.29, 1.82) is 0 Å². The fourth-order valence-corrected chi connectivity index (χ4v) is 2.71. The molecule has 0 unspecified atom stereocenters. The van der Waals surface area contributed by atoms with Gasteiger partial charge in [0.25, 0.3) is 5.91 Å². The third-order valence-corrected chi connectivity index (χ3v) is 3.92. The minimum Gasteiger partial charge on any atom is -0.373 e. The predicted octanol–water partition coefficient (Wildman–Crippen LogP) is 3.02. The van der Waals surface area contributed by atoms with Crippen molar-refractivity contribution in [3.8, 4) is 0 Å². The van der Waals surface area contributed by atoms with Crippen molar-refractivity contribution < 1.29 is 4.79 Å². The number of rotatable bonds is 5. The molecular weight excluding hydrogens is 270 g/mol. The van der Waals surface area contributed by atoms with Crippen LogP contribution in [0, 0.1) is 0 Å². The number of hydrogen-bond acceptors (Lipinski definition) is 4. The van der Waals surface area contributed by atoms with E-state index in [2.05, 4.69) is 10.3 Å². The molecule has 0 aliphatic rings. The zero-order valence-corrected chi connectivity index (χ0v) is 12.8. The maximum Gasteiger partial charge on any atom is 0.254 e. The van der Waals surface area contributed by atoms with E-state index in [1.807, 2.05) is 44.6 Å². The van der Waals surface area contributed by atoms with E-state index < -0.39 is 0 Å². The molecule has 0 bridgehead atoms. The molecule has 0 aliphatic carbocycles. The van der Waals surface area contributed by atoms with Gasteiger partial charge in [0.15, 0.2) is 0 Å². The van der Waals surface area contributed by atoms with Gasteiger partial charge in [0, 0.05) is 30.2 Å². The Hall–Kier alpha value is -1.88. The summed E-state index contributed by atoms with van der Waals surface area (Å²) in [6.07, 6.45) is 0.810. The van der Waals surface area contributed by atoms with Crippen LogP contribution in [-0.2, 0) is 13.0 Å². The molecule has 2 rings (SSSR count). The first-order valence-electron chi connectivity index (χ1n) is 6.60. The van der Waals surface area contributed by atoms with Crippen molar-refractivity contribution in [2.45, 2.75) is 19.9 Å². The lowest BCUT2D eigenvalue weighted by molar-refractivity contribution is 0.0786. The predicted molar refractivity (Wildman–Crippen MR) is 83.3 cm³/mol. The molecular formula is C15H19N3OS. The number of hydrogen-bond donors (Lipinski definition) is 1. The SMILES string of the molecule is CCc1cc(C(=O)N(C)Cc2cccs2)cc(NC)n1. The summed E-state index contributed by atoms with van der Waals surface area (Å²) in [5, 5.41) is 5.02. The molecule has 1 amide bonds. The first-order chi connectivity index (χ1) is 9.63. The molecule has 0 atom stereocenters. The number of nitrogens with zero attached hydrogens (tertiary/aromatic N) is 2. The van der Waals surface area contributed by atoms with Crippen molar-refractivity contribution in [2.24, 2.45) is 0 Å². The molecule has 0 saturated heterocycles. The van der Waals surface area contributed by atoms with Crippen LogP contribution in [0.1, 0.15) is 27.9 Å². The Labute approximate surface area is 123 Å². The Morgan fingerprint density at radius 2 is 2.25 bits per heavy atom. The summed E-state index contributed by atoms with van der Waals surface area (Å²) in [5.74, 6) is 0.754. The van der Waals surface area contributed by atoms with Crippen LogP contribution in [0.25, 0.3) is 0 Å². The molecule has 0 aromatic carbocycles. The third kappa shape index (κ3) is 3.36. The van der Waals surface area contributed by atoms with E-state index in [0.29, 0.717) is 12.1 Å². The second-order valence-corrected chi connectivity index (χ2v) is 5.61. The van der Waals surface area contributed by atoms with Crippen LogP contribution in [0.4, 0.5) is 5.82 Å². The van der Waals surface area contributed by atoms with Crippen LogP contribution < -0.4 is 5.32 Å². The molecule has 2 heterocycles. The number of carbonyl (C=O) groups is 1. The van der Waals surface area contributed by atoms with Crippen molar-refractivity contribution in [3.63, 3.8) is 0 Å². The highest BCUT2D eigenvalue weighted by Crippen LogP contribution is 2.16. The van der Waals surface area contributed by atoms with Gasteiger partial charge < -0.3 is 10.2 Å². The number of aryl methyl sites for hydroxylation is 1. The fraction of sp³-hybridized carbons (Fsp3) is 0.333. The molecule has 4 nitrogen and oxygen atoms in total. The van der Waals surface area contributed by atoms with Gasteiger partial charge in [-0.3, -0.25) is 4.79 Å². The van der Waals surface area contributed by atoms with Gasteiger partial charge in [-0.05, 0) is 30.0 Å². The Morgan fingerprint density at radius 1 is 1.45 bits per heavy atom. The van der Waals surface area contributed by atoms with E-state index in [9.17, 15) is 4.79 Å². The van der Waals surface area contributed by atoms with Crippen LogP contribution in [0.5, 0.6) is 0 Å². The minimum atomic E-state index is 0.0204. The van der Waals surface area contributed by atoms with Crippen LogP contribution in [0.2, 0.25) is 0 Å².